The molecule has 1 aliphatic carbocycles. The van der Waals surface area contributed by atoms with Crippen LogP contribution in [0.4, 0.5) is 5.95 Å². The number of amides is 1. The van der Waals surface area contributed by atoms with Gasteiger partial charge in [-0.1, -0.05) is 17.3 Å². The van der Waals surface area contributed by atoms with Crippen molar-refractivity contribution in [2.45, 2.75) is 38.8 Å². The molecule has 0 saturated heterocycles. The molecule has 3 aromatic heterocycles. The average Bonchev–Trinajstić information content (AvgIpc) is 3.68. The summed E-state index contributed by atoms with van der Waals surface area (Å²) >= 11 is 0. The topological polar surface area (TPSA) is 145 Å². The molecule has 12 nitrogen and oxygen atoms in total. The minimum Gasteiger partial charge on any atom is -0.395 e. The van der Waals surface area contributed by atoms with E-state index in [0.29, 0.717) is 43.3 Å². The molecule has 5 rings (SSSR count). The maximum atomic E-state index is 12.2. The third kappa shape index (κ3) is 5.75. The molecule has 37 heavy (non-hydrogen) atoms. The summed E-state index contributed by atoms with van der Waals surface area (Å²) in [6.45, 7) is 4.25. The van der Waals surface area contributed by atoms with Gasteiger partial charge in [0.2, 0.25) is 11.9 Å². The molecule has 3 heterocycles. The first-order valence-electron chi connectivity index (χ1n) is 12.6. The number of hydrogen-bond donors (Lipinski definition) is 3. The van der Waals surface area contributed by atoms with E-state index in [1.54, 1.807) is 10.9 Å². The Kier molecular flexibility index (Phi) is 7.66. The Balaban J connectivity index is 1.27. The Labute approximate surface area is 214 Å². The number of ether oxygens (including phenoxy) is 1. The number of carbonyl (C=O) groups excluding carboxylic acids is 1. The van der Waals surface area contributed by atoms with Crippen LogP contribution < -0.4 is 10.6 Å². The van der Waals surface area contributed by atoms with E-state index in [1.807, 2.05) is 48.3 Å². The number of aliphatic hydroxyl groups excluding tert-OH is 1. The van der Waals surface area contributed by atoms with Crippen LogP contribution >= 0.6 is 0 Å². The van der Waals surface area contributed by atoms with Crippen LogP contribution in [0.25, 0.3) is 28.0 Å². The highest BCUT2D eigenvalue weighted by atomic mass is 16.5. The molecule has 1 aromatic carbocycles. The van der Waals surface area contributed by atoms with Gasteiger partial charge in [0.15, 0.2) is 11.2 Å². The van der Waals surface area contributed by atoms with E-state index >= 15 is 0 Å². The van der Waals surface area contributed by atoms with E-state index in [0.717, 1.165) is 29.7 Å². The van der Waals surface area contributed by atoms with Crippen molar-refractivity contribution in [2.24, 2.45) is 5.92 Å². The van der Waals surface area contributed by atoms with Crippen LogP contribution in [-0.2, 0) is 16.1 Å². The molecule has 1 fully saturated rings. The lowest BCUT2D eigenvalue weighted by Crippen LogP contribution is -2.32. The van der Waals surface area contributed by atoms with Crippen molar-refractivity contribution in [3.8, 4) is 16.8 Å². The second-order valence-corrected chi connectivity index (χ2v) is 9.01. The summed E-state index contributed by atoms with van der Waals surface area (Å²) in [5, 5.41) is 27.9. The van der Waals surface area contributed by atoms with E-state index in [-0.39, 0.29) is 31.0 Å². The molecule has 1 amide bonds. The predicted molar refractivity (Wildman–Crippen MR) is 137 cm³/mol. The highest BCUT2D eigenvalue weighted by Gasteiger charge is 2.30. The van der Waals surface area contributed by atoms with Gasteiger partial charge in [-0.05, 0) is 43.9 Å². The van der Waals surface area contributed by atoms with Crippen molar-refractivity contribution in [2.75, 3.05) is 31.7 Å². The number of benzene rings is 1. The van der Waals surface area contributed by atoms with Crippen LogP contribution in [0.1, 0.15) is 26.2 Å². The Morgan fingerprint density at radius 3 is 2.86 bits per heavy atom. The Hall–Kier alpha value is -3.90. The van der Waals surface area contributed by atoms with E-state index in [4.69, 9.17) is 9.84 Å². The molecule has 0 spiro atoms. The van der Waals surface area contributed by atoms with Crippen LogP contribution in [0.3, 0.4) is 0 Å². The first-order valence-corrected chi connectivity index (χ1v) is 12.6. The third-order valence-electron chi connectivity index (χ3n) is 6.49. The number of hydrogen-bond acceptors (Lipinski definition) is 9. The van der Waals surface area contributed by atoms with Crippen LogP contribution in [0.2, 0.25) is 0 Å². The standard InChI is InChI=1S/C25H31N9O3/c1-2-37-12-10-33-16-19(14-28-33)17-4-7-21(8-5-17)34-23-22(31-32-34)15-27-25(30-23)29-20-6-3-18(13-20)24(36)26-9-11-35/h4-5,7-8,14-16,18,20,35H,2-3,6,9-13H2,1H3,(H,26,36)(H,27,29,30). The molecule has 2 atom stereocenters. The molecule has 0 aliphatic heterocycles. The van der Waals surface area contributed by atoms with Crippen molar-refractivity contribution >= 4 is 23.0 Å². The second kappa shape index (κ2) is 11.4. The molecular formula is C25H31N9O3. The summed E-state index contributed by atoms with van der Waals surface area (Å²) in [5.41, 5.74) is 4.11. The lowest BCUT2D eigenvalue weighted by Gasteiger charge is -2.13. The average molecular weight is 506 g/mol. The van der Waals surface area contributed by atoms with E-state index in [2.05, 4.69) is 36.0 Å². The molecule has 1 saturated carbocycles. The molecule has 2 unspecified atom stereocenters. The van der Waals surface area contributed by atoms with Gasteiger partial charge in [0.05, 0.1) is 37.8 Å². The third-order valence-corrected chi connectivity index (χ3v) is 6.49. The van der Waals surface area contributed by atoms with Gasteiger partial charge in [-0.15, -0.1) is 5.10 Å². The van der Waals surface area contributed by atoms with Gasteiger partial charge < -0.3 is 20.5 Å². The SMILES string of the molecule is CCOCCn1cc(-c2ccc(-n3nnc4cnc(NC5CCC(C(=O)NCCO)C5)nc43)cc2)cn1. The predicted octanol–water partition coefficient (Wildman–Crippen LogP) is 1.80. The molecular weight excluding hydrogens is 474 g/mol. The summed E-state index contributed by atoms with van der Waals surface area (Å²) in [6.07, 6.45) is 7.84. The summed E-state index contributed by atoms with van der Waals surface area (Å²) in [7, 11) is 0. The monoisotopic (exact) mass is 505 g/mol. The fourth-order valence-electron chi connectivity index (χ4n) is 4.56. The number of nitrogens with one attached hydrogen (secondary N) is 2. The van der Waals surface area contributed by atoms with Gasteiger partial charge in [0.25, 0.3) is 0 Å². The Morgan fingerprint density at radius 2 is 2.05 bits per heavy atom. The summed E-state index contributed by atoms with van der Waals surface area (Å²) < 4.78 is 8.97. The molecule has 1 aliphatic rings. The summed E-state index contributed by atoms with van der Waals surface area (Å²) in [4.78, 5) is 21.3. The lowest BCUT2D eigenvalue weighted by molar-refractivity contribution is -0.124. The summed E-state index contributed by atoms with van der Waals surface area (Å²) in [6, 6.07) is 8.09. The van der Waals surface area contributed by atoms with E-state index < -0.39 is 0 Å². The van der Waals surface area contributed by atoms with Crippen LogP contribution in [-0.4, -0.2) is 78.2 Å². The molecule has 194 valence electrons. The van der Waals surface area contributed by atoms with Crippen molar-refractivity contribution < 1.29 is 14.6 Å². The number of aromatic nitrogens is 7. The van der Waals surface area contributed by atoms with Gasteiger partial charge in [-0.3, -0.25) is 9.48 Å². The quantitative estimate of drug-likeness (QED) is 0.260. The lowest BCUT2D eigenvalue weighted by atomic mass is 10.1. The van der Waals surface area contributed by atoms with Gasteiger partial charge in [0, 0.05) is 36.9 Å². The van der Waals surface area contributed by atoms with Crippen molar-refractivity contribution in [1.82, 2.24) is 40.1 Å². The number of rotatable bonds is 11. The minimum atomic E-state index is -0.0738. The van der Waals surface area contributed by atoms with Crippen LogP contribution in [0, 0.1) is 5.92 Å². The van der Waals surface area contributed by atoms with E-state index in [1.165, 1.54) is 0 Å². The molecule has 4 aromatic rings. The number of aliphatic hydroxyl groups is 1. The second-order valence-electron chi connectivity index (χ2n) is 9.01. The van der Waals surface area contributed by atoms with Crippen molar-refractivity contribution in [3.05, 3.63) is 42.9 Å². The minimum absolute atomic E-state index is 0.0155. The summed E-state index contributed by atoms with van der Waals surface area (Å²) in [5.74, 6) is 0.391. The number of nitrogens with zero attached hydrogens (tertiary/aromatic N) is 7. The highest BCUT2D eigenvalue weighted by Crippen LogP contribution is 2.28. The first kappa shape index (κ1) is 24.8. The first-order chi connectivity index (χ1) is 18.1. The molecule has 0 radical (unpaired) electrons. The number of carbonyl (C=O) groups is 1. The fourth-order valence-corrected chi connectivity index (χ4v) is 4.56. The number of anilines is 1. The van der Waals surface area contributed by atoms with Gasteiger partial charge in [0.1, 0.15) is 0 Å². The van der Waals surface area contributed by atoms with E-state index in [9.17, 15) is 4.79 Å². The normalized spacial score (nSPS) is 17.4. The van der Waals surface area contributed by atoms with Crippen molar-refractivity contribution in [3.63, 3.8) is 0 Å². The number of fused-ring (bicyclic) bond motifs is 1. The molecule has 3 N–H and O–H groups in total. The van der Waals surface area contributed by atoms with Crippen molar-refractivity contribution in [1.29, 1.82) is 0 Å². The maximum absolute atomic E-state index is 12.2. The Morgan fingerprint density at radius 1 is 1.19 bits per heavy atom. The smallest absolute Gasteiger partial charge is 0.225 e. The van der Waals surface area contributed by atoms with Crippen LogP contribution in [0.15, 0.2) is 42.9 Å². The fraction of sp³-hybridized carbons (Fsp3) is 0.440. The zero-order valence-corrected chi connectivity index (χ0v) is 20.7. The highest BCUT2D eigenvalue weighted by molar-refractivity contribution is 5.79. The van der Waals surface area contributed by atoms with Gasteiger partial charge in [-0.25, -0.2) is 4.98 Å². The van der Waals surface area contributed by atoms with Gasteiger partial charge in [-0.2, -0.15) is 14.8 Å². The molecule has 12 heteroatoms. The largest absolute Gasteiger partial charge is 0.395 e. The van der Waals surface area contributed by atoms with Gasteiger partial charge >= 0.3 is 0 Å². The molecule has 0 bridgehead atoms. The van der Waals surface area contributed by atoms with Crippen LogP contribution in [0.5, 0.6) is 0 Å². The zero-order chi connectivity index (χ0) is 25.6. The maximum Gasteiger partial charge on any atom is 0.225 e. The zero-order valence-electron chi connectivity index (χ0n) is 20.7. The Bertz CT molecular complexity index is 1330.